The van der Waals surface area contributed by atoms with Gasteiger partial charge in [-0.1, -0.05) is 17.7 Å². The summed E-state index contributed by atoms with van der Waals surface area (Å²) in [4.78, 5) is 31.4. The second-order valence-electron chi connectivity index (χ2n) is 10.3. The van der Waals surface area contributed by atoms with Gasteiger partial charge in [0.1, 0.15) is 18.4 Å². The van der Waals surface area contributed by atoms with E-state index in [1.54, 1.807) is 0 Å². The number of nitrogens with one attached hydrogen (secondary N) is 1. The van der Waals surface area contributed by atoms with Gasteiger partial charge in [-0.2, -0.15) is 0 Å². The van der Waals surface area contributed by atoms with Crippen LogP contribution in [-0.4, -0.2) is 74.7 Å². The number of halogens is 1. The van der Waals surface area contributed by atoms with Crippen molar-refractivity contribution >= 4 is 45.5 Å². The molecule has 6 rings (SSSR count). The van der Waals surface area contributed by atoms with Gasteiger partial charge in [-0.15, -0.1) is 0 Å². The van der Waals surface area contributed by atoms with Crippen LogP contribution < -0.4 is 5.73 Å². The molecule has 2 aromatic carbocycles. The number of hydrogen-bond acceptors (Lipinski definition) is 7. The van der Waals surface area contributed by atoms with Crippen molar-refractivity contribution in [2.45, 2.75) is 38.5 Å². The van der Waals surface area contributed by atoms with Gasteiger partial charge >= 0.3 is 0 Å². The third-order valence-corrected chi connectivity index (χ3v) is 8.05. The number of hydrogen-bond donors (Lipinski definition) is 2. The van der Waals surface area contributed by atoms with Crippen LogP contribution in [0.1, 0.15) is 29.7 Å². The van der Waals surface area contributed by atoms with E-state index in [1.807, 2.05) is 18.2 Å². The van der Waals surface area contributed by atoms with Gasteiger partial charge in [0, 0.05) is 66.3 Å². The summed E-state index contributed by atoms with van der Waals surface area (Å²) >= 11 is 6.37. The standard InChI is InChI=1S/C28H32ClN7O/c29-20-4-6-25-23(12-20)24(15-34-7-1-2-8-34)27(33-25)16-35-9-10-36(21(14-35)17-37)13-19-3-5-22-26(11-19)31-18-32-28(22)30/h3-6,11-12,17-18,21,33H,1-2,7-10,13-16H2,(H2,30,31,32). The zero-order valence-corrected chi connectivity index (χ0v) is 21.6. The number of piperazine rings is 1. The zero-order chi connectivity index (χ0) is 25.4. The Labute approximate surface area is 221 Å². The predicted molar refractivity (Wildman–Crippen MR) is 147 cm³/mol. The van der Waals surface area contributed by atoms with Crippen molar-refractivity contribution in [3.63, 3.8) is 0 Å². The lowest BCUT2D eigenvalue weighted by Crippen LogP contribution is -2.53. The summed E-state index contributed by atoms with van der Waals surface area (Å²) in [5.74, 6) is 0.485. The van der Waals surface area contributed by atoms with Crippen molar-refractivity contribution in [1.29, 1.82) is 0 Å². The van der Waals surface area contributed by atoms with Gasteiger partial charge in [0.05, 0.1) is 11.6 Å². The van der Waals surface area contributed by atoms with Gasteiger partial charge in [-0.3, -0.25) is 14.7 Å². The number of aldehydes is 1. The fourth-order valence-corrected chi connectivity index (χ4v) is 5.98. The molecule has 4 aromatic rings. The Kier molecular flexibility index (Phi) is 6.82. The molecule has 192 valence electrons. The summed E-state index contributed by atoms with van der Waals surface area (Å²) in [6, 6.07) is 12.0. The van der Waals surface area contributed by atoms with E-state index in [1.165, 1.54) is 35.8 Å². The number of aromatic amines is 1. The number of aromatic nitrogens is 3. The average Bonchev–Trinajstić information content (AvgIpc) is 3.53. The molecule has 9 heteroatoms. The summed E-state index contributed by atoms with van der Waals surface area (Å²) < 4.78 is 0. The number of fused-ring (bicyclic) bond motifs is 2. The molecule has 2 aromatic heterocycles. The van der Waals surface area contributed by atoms with Crippen LogP contribution in [0.15, 0.2) is 42.7 Å². The molecule has 0 radical (unpaired) electrons. The number of nitrogens with two attached hydrogens (primary N) is 1. The van der Waals surface area contributed by atoms with E-state index >= 15 is 0 Å². The van der Waals surface area contributed by atoms with Crippen LogP contribution in [0.5, 0.6) is 0 Å². The molecule has 3 N–H and O–H groups in total. The Morgan fingerprint density at radius 1 is 0.973 bits per heavy atom. The fourth-order valence-electron chi connectivity index (χ4n) is 5.81. The van der Waals surface area contributed by atoms with Crippen molar-refractivity contribution in [2.24, 2.45) is 0 Å². The molecule has 8 nitrogen and oxygen atoms in total. The molecule has 37 heavy (non-hydrogen) atoms. The van der Waals surface area contributed by atoms with Crippen molar-refractivity contribution in [1.82, 2.24) is 29.7 Å². The highest BCUT2D eigenvalue weighted by Crippen LogP contribution is 2.29. The molecule has 2 fully saturated rings. The Bertz CT molecular complexity index is 1430. The van der Waals surface area contributed by atoms with Crippen LogP contribution >= 0.6 is 11.6 Å². The number of nitrogen functional groups attached to an aromatic ring is 1. The lowest BCUT2D eigenvalue weighted by molar-refractivity contribution is -0.115. The molecule has 0 spiro atoms. The number of carbonyl (C=O) groups is 1. The maximum absolute atomic E-state index is 12.2. The maximum atomic E-state index is 12.2. The number of nitrogens with zero attached hydrogens (tertiary/aromatic N) is 5. The van der Waals surface area contributed by atoms with Crippen LogP contribution in [0.2, 0.25) is 5.02 Å². The van der Waals surface area contributed by atoms with E-state index in [-0.39, 0.29) is 6.04 Å². The van der Waals surface area contributed by atoms with E-state index in [0.717, 1.165) is 72.6 Å². The van der Waals surface area contributed by atoms with Crippen molar-refractivity contribution in [2.75, 3.05) is 38.5 Å². The molecular weight excluding hydrogens is 486 g/mol. The van der Waals surface area contributed by atoms with Crippen LogP contribution in [0, 0.1) is 0 Å². The van der Waals surface area contributed by atoms with Crippen LogP contribution in [0.25, 0.3) is 21.8 Å². The van der Waals surface area contributed by atoms with E-state index < -0.39 is 0 Å². The lowest BCUT2D eigenvalue weighted by atomic mass is 10.1. The summed E-state index contributed by atoms with van der Waals surface area (Å²) in [5.41, 5.74) is 11.6. The normalized spacial score (nSPS) is 19.8. The monoisotopic (exact) mass is 517 g/mol. The molecule has 0 amide bonds. The zero-order valence-electron chi connectivity index (χ0n) is 20.9. The van der Waals surface area contributed by atoms with Gasteiger partial charge in [-0.25, -0.2) is 9.97 Å². The van der Waals surface area contributed by atoms with Gasteiger partial charge in [0.15, 0.2) is 0 Å². The molecule has 2 aliphatic rings. The quantitative estimate of drug-likeness (QED) is 0.360. The van der Waals surface area contributed by atoms with Gasteiger partial charge in [0.2, 0.25) is 0 Å². The van der Waals surface area contributed by atoms with Crippen molar-refractivity contribution in [3.05, 3.63) is 64.6 Å². The first kappa shape index (κ1) is 24.3. The molecule has 0 saturated carbocycles. The third-order valence-electron chi connectivity index (χ3n) is 7.81. The van der Waals surface area contributed by atoms with Crippen LogP contribution in [-0.2, 0) is 24.4 Å². The highest BCUT2D eigenvalue weighted by molar-refractivity contribution is 6.31. The summed E-state index contributed by atoms with van der Waals surface area (Å²) in [6.07, 6.45) is 5.10. The summed E-state index contributed by atoms with van der Waals surface area (Å²) in [7, 11) is 0. The minimum atomic E-state index is -0.166. The Hall–Kier alpha value is -3.04. The SMILES string of the molecule is Nc1ncnc2cc(CN3CCN(Cc4[nH]c5ccc(Cl)cc5c4CN4CCCC4)CC3C=O)ccc12. The average molecular weight is 518 g/mol. The molecule has 0 aliphatic carbocycles. The Morgan fingerprint density at radius 3 is 2.68 bits per heavy atom. The highest BCUT2D eigenvalue weighted by Gasteiger charge is 2.28. The molecular formula is C28H32ClN7O. The van der Waals surface area contributed by atoms with Crippen molar-refractivity contribution in [3.8, 4) is 0 Å². The first-order chi connectivity index (χ1) is 18.1. The minimum Gasteiger partial charge on any atom is -0.383 e. The minimum absolute atomic E-state index is 0.166. The second-order valence-corrected chi connectivity index (χ2v) is 10.7. The number of benzene rings is 2. The number of carbonyl (C=O) groups excluding carboxylic acids is 1. The van der Waals surface area contributed by atoms with Crippen LogP contribution in [0.4, 0.5) is 5.82 Å². The second kappa shape index (κ2) is 10.4. The molecule has 1 unspecified atom stereocenters. The highest BCUT2D eigenvalue weighted by atomic mass is 35.5. The first-order valence-corrected chi connectivity index (χ1v) is 13.4. The first-order valence-electron chi connectivity index (χ1n) is 13.0. The Morgan fingerprint density at radius 2 is 1.84 bits per heavy atom. The molecule has 1 atom stereocenters. The molecule has 2 aliphatic heterocycles. The van der Waals surface area contributed by atoms with Crippen molar-refractivity contribution < 1.29 is 4.79 Å². The molecule has 4 heterocycles. The Balaban J connectivity index is 1.18. The largest absolute Gasteiger partial charge is 0.383 e. The van der Waals surface area contributed by atoms with E-state index in [0.29, 0.717) is 18.9 Å². The number of H-pyrrole nitrogens is 1. The predicted octanol–water partition coefficient (Wildman–Crippen LogP) is 3.83. The molecule has 0 bridgehead atoms. The van der Waals surface area contributed by atoms with Gasteiger partial charge < -0.3 is 15.5 Å². The van der Waals surface area contributed by atoms with Crippen LogP contribution in [0.3, 0.4) is 0 Å². The molecule has 2 saturated heterocycles. The smallest absolute Gasteiger partial charge is 0.138 e. The number of likely N-dealkylation sites (tertiary alicyclic amines) is 1. The summed E-state index contributed by atoms with van der Waals surface area (Å²) in [5, 5.41) is 2.83. The lowest BCUT2D eigenvalue weighted by Gasteiger charge is -2.39. The third kappa shape index (κ3) is 5.07. The fraction of sp³-hybridized carbons (Fsp3) is 0.393. The van der Waals surface area contributed by atoms with Gasteiger partial charge in [0.25, 0.3) is 0 Å². The number of anilines is 1. The van der Waals surface area contributed by atoms with E-state index in [9.17, 15) is 4.79 Å². The number of rotatable bonds is 7. The van der Waals surface area contributed by atoms with Gasteiger partial charge in [-0.05, 0) is 67.4 Å². The topological polar surface area (TPSA) is 94.4 Å². The van der Waals surface area contributed by atoms with E-state index in [2.05, 4.69) is 47.9 Å². The van der Waals surface area contributed by atoms with E-state index in [4.69, 9.17) is 17.3 Å². The maximum Gasteiger partial charge on any atom is 0.138 e. The summed E-state index contributed by atoms with van der Waals surface area (Å²) in [6.45, 7) is 7.13.